The second kappa shape index (κ2) is 9.95. The van der Waals surface area contributed by atoms with E-state index in [2.05, 4.69) is 29.4 Å². The lowest BCUT2D eigenvalue weighted by Gasteiger charge is -2.34. The highest BCUT2D eigenvalue weighted by Gasteiger charge is 2.28. The summed E-state index contributed by atoms with van der Waals surface area (Å²) in [7, 11) is 4.08. The maximum atomic E-state index is 12.5. The van der Waals surface area contributed by atoms with Crippen molar-refractivity contribution in [2.75, 3.05) is 39.2 Å². The van der Waals surface area contributed by atoms with Crippen molar-refractivity contribution in [3.63, 3.8) is 0 Å². The SMILES string of the molecule is C[C@@H](NC(=O)Nc1ccccc1OC[C@H]1CCCCO1)C(C)(C)CN(C)C. The van der Waals surface area contributed by atoms with Gasteiger partial charge >= 0.3 is 6.03 Å². The molecule has 0 aliphatic carbocycles. The molecule has 2 rings (SSSR count). The zero-order chi connectivity index (χ0) is 19.9. The molecular formula is C21H35N3O3. The van der Waals surface area contributed by atoms with Gasteiger partial charge in [-0.15, -0.1) is 0 Å². The van der Waals surface area contributed by atoms with E-state index in [0.717, 1.165) is 26.0 Å². The molecule has 27 heavy (non-hydrogen) atoms. The van der Waals surface area contributed by atoms with Crippen LogP contribution < -0.4 is 15.4 Å². The Labute approximate surface area is 163 Å². The molecule has 0 spiro atoms. The van der Waals surface area contributed by atoms with Crippen LogP contribution in [-0.4, -0.2) is 56.9 Å². The fraction of sp³-hybridized carbons (Fsp3) is 0.667. The van der Waals surface area contributed by atoms with E-state index < -0.39 is 0 Å². The Hall–Kier alpha value is -1.79. The van der Waals surface area contributed by atoms with Gasteiger partial charge in [-0.1, -0.05) is 26.0 Å². The van der Waals surface area contributed by atoms with Gasteiger partial charge in [0.1, 0.15) is 12.4 Å². The van der Waals surface area contributed by atoms with Crippen molar-refractivity contribution in [1.29, 1.82) is 0 Å². The molecule has 0 radical (unpaired) electrons. The average Bonchev–Trinajstić information content (AvgIpc) is 2.60. The van der Waals surface area contributed by atoms with Crippen LogP contribution in [-0.2, 0) is 4.74 Å². The number of urea groups is 1. The Kier molecular flexibility index (Phi) is 7.92. The lowest BCUT2D eigenvalue weighted by Crippen LogP contribution is -2.48. The minimum absolute atomic E-state index is 0.0172. The van der Waals surface area contributed by atoms with Crippen LogP contribution in [0.5, 0.6) is 5.75 Å². The first-order valence-corrected chi connectivity index (χ1v) is 9.83. The number of para-hydroxylation sites is 2. The summed E-state index contributed by atoms with van der Waals surface area (Å²) in [6, 6.07) is 7.31. The number of rotatable bonds is 8. The van der Waals surface area contributed by atoms with Gasteiger partial charge in [-0.3, -0.25) is 0 Å². The van der Waals surface area contributed by atoms with Crippen molar-refractivity contribution in [3.05, 3.63) is 24.3 Å². The quantitative estimate of drug-likeness (QED) is 0.725. The average molecular weight is 378 g/mol. The Morgan fingerprint density at radius 3 is 2.74 bits per heavy atom. The third-order valence-corrected chi connectivity index (χ3v) is 5.08. The van der Waals surface area contributed by atoms with Gasteiger partial charge in [0.15, 0.2) is 0 Å². The Balaban J connectivity index is 1.91. The summed E-state index contributed by atoms with van der Waals surface area (Å²) in [6.45, 7) is 8.53. The van der Waals surface area contributed by atoms with E-state index in [-0.39, 0.29) is 23.6 Å². The zero-order valence-corrected chi connectivity index (χ0v) is 17.4. The predicted molar refractivity (Wildman–Crippen MR) is 109 cm³/mol. The lowest BCUT2D eigenvalue weighted by molar-refractivity contribution is -0.0109. The van der Waals surface area contributed by atoms with Crippen LogP contribution >= 0.6 is 0 Å². The maximum Gasteiger partial charge on any atom is 0.319 e. The van der Waals surface area contributed by atoms with Crippen molar-refractivity contribution in [2.24, 2.45) is 5.41 Å². The first-order valence-electron chi connectivity index (χ1n) is 9.83. The van der Waals surface area contributed by atoms with Gasteiger partial charge in [0, 0.05) is 19.2 Å². The van der Waals surface area contributed by atoms with Crippen LogP contribution in [0.2, 0.25) is 0 Å². The zero-order valence-electron chi connectivity index (χ0n) is 17.4. The fourth-order valence-electron chi connectivity index (χ4n) is 3.32. The summed E-state index contributed by atoms with van der Waals surface area (Å²) >= 11 is 0. The van der Waals surface area contributed by atoms with E-state index in [1.54, 1.807) is 0 Å². The summed E-state index contributed by atoms with van der Waals surface area (Å²) in [5.41, 5.74) is 0.623. The minimum atomic E-state index is -0.223. The molecule has 6 nitrogen and oxygen atoms in total. The number of hydrogen-bond donors (Lipinski definition) is 2. The highest BCUT2D eigenvalue weighted by molar-refractivity contribution is 5.91. The molecule has 1 aromatic rings. The molecule has 2 amide bonds. The molecule has 1 aliphatic rings. The molecule has 0 aromatic heterocycles. The summed E-state index contributed by atoms with van der Waals surface area (Å²) in [5, 5.41) is 5.97. The third-order valence-electron chi connectivity index (χ3n) is 5.08. The fourth-order valence-corrected chi connectivity index (χ4v) is 3.32. The molecule has 1 aromatic carbocycles. The van der Waals surface area contributed by atoms with E-state index in [1.807, 2.05) is 45.3 Å². The summed E-state index contributed by atoms with van der Waals surface area (Å²) in [4.78, 5) is 14.6. The number of amides is 2. The first kappa shape index (κ1) is 21.5. The van der Waals surface area contributed by atoms with Gasteiger partial charge in [-0.05, 0) is 57.8 Å². The van der Waals surface area contributed by atoms with Crippen molar-refractivity contribution in [3.8, 4) is 5.75 Å². The van der Waals surface area contributed by atoms with Crippen LogP contribution in [0, 0.1) is 5.41 Å². The molecule has 1 aliphatic heterocycles. The summed E-state index contributed by atoms with van der Waals surface area (Å²) < 4.78 is 11.6. The number of carbonyl (C=O) groups is 1. The van der Waals surface area contributed by atoms with Crippen molar-refractivity contribution < 1.29 is 14.3 Å². The highest BCUT2D eigenvalue weighted by Crippen LogP contribution is 2.26. The number of benzene rings is 1. The van der Waals surface area contributed by atoms with Crippen LogP contribution in [0.3, 0.4) is 0 Å². The number of nitrogens with one attached hydrogen (secondary N) is 2. The number of ether oxygens (including phenoxy) is 2. The van der Waals surface area contributed by atoms with Gasteiger partial charge in [-0.25, -0.2) is 4.79 Å². The third kappa shape index (κ3) is 7.03. The topological polar surface area (TPSA) is 62.8 Å². The number of carbonyl (C=O) groups excluding carboxylic acids is 1. The van der Waals surface area contributed by atoms with Gasteiger partial charge in [0.2, 0.25) is 0 Å². The monoisotopic (exact) mass is 377 g/mol. The van der Waals surface area contributed by atoms with Crippen molar-refractivity contribution >= 4 is 11.7 Å². The molecule has 1 fully saturated rings. The van der Waals surface area contributed by atoms with Gasteiger partial charge in [-0.2, -0.15) is 0 Å². The number of hydrogen-bond acceptors (Lipinski definition) is 4. The van der Waals surface area contributed by atoms with Gasteiger partial charge < -0.3 is 25.0 Å². The van der Waals surface area contributed by atoms with Crippen LogP contribution in [0.25, 0.3) is 0 Å². The van der Waals surface area contributed by atoms with E-state index in [4.69, 9.17) is 9.47 Å². The van der Waals surface area contributed by atoms with E-state index in [9.17, 15) is 4.79 Å². The Bertz CT molecular complexity index is 598. The largest absolute Gasteiger partial charge is 0.489 e. The predicted octanol–water partition coefficient (Wildman–Crippen LogP) is 3.73. The number of anilines is 1. The molecule has 152 valence electrons. The van der Waals surface area contributed by atoms with Crippen LogP contribution in [0.15, 0.2) is 24.3 Å². The minimum Gasteiger partial charge on any atom is -0.489 e. The molecule has 0 bridgehead atoms. The Morgan fingerprint density at radius 1 is 1.33 bits per heavy atom. The molecule has 2 N–H and O–H groups in total. The molecular weight excluding hydrogens is 342 g/mol. The second-order valence-corrected chi connectivity index (χ2v) is 8.34. The molecule has 2 atom stereocenters. The smallest absolute Gasteiger partial charge is 0.319 e. The molecule has 0 saturated carbocycles. The summed E-state index contributed by atoms with van der Waals surface area (Å²) in [5.74, 6) is 0.669. The lowest BCUT2D eigenvalue weighted by atomic mass is 9.85. The van der Waals surface area contributed by atoms with Crippen molar-refractivity contribution in [2.45, 2.75) is 52.2 Å². The number of nitrogens with zero attached hydrogens (tertiary/aromatic N) is 1. The van der Waals surface area contributed by atoms with Crippen LogP contribution in [0.4, 0.5) is 10.5 Å². The second-order valence-electron chi connectivity index (χ2n) is 8.34. The molecule has 1 saturated heterocycles. The summed E-state index contributed by atoms with van der Waals surface area (Å²) in [6.07, 6.45) is 3.45. The van der Waals surface area contributed by atoms with E-state index in [1.165, 1.54) is 6.42 Å². The van der Waals surface area contributed by atoms with E-state index >= 15 is 0 Å². The van der Waals surface area contributed by atoms with E-state index in [0.29, 0.717) is 18.0 Å². The normalized spacial score (nSPS) is 18.8. The van der Waals surface area contributed by atoms with Gasteiger partial charge in [0.05, 0.1) is 11.8 Å². The van der Waals surface area contributed by atoms with Gasteiger partial charge in [0.25, 0.3) is 0 Å². The standard InChI is InChI=1S/C21H35N3O3/c1-16(21(2,3)15-24(4)5)22-20(25)23-18-11-6-7-12-19(18)27-14-17-10-8-9-13-26-17/h6-7,11-12,16-17H,8-10,13-15H2,1-5H3,(H2,22,23,25)/t16-,17-/m1/s1. The molecule has 6 heteroatoms. The molecule has 1 heterocycles. The maximum absolute atomic E-state index is 12.5. The highest BCUT2D eigenvalue weighted by atomic mass is 16.5. The van der Waals surface area contributed by atoms with Crippen LogP contribution in [0.1, 0.15) is 40.0 Å². The molecule has 0 unspecified atom stereocenters. The Morgan fingerprint density at radius 2 is 2.07 bits per heavy atom. The first-order chi connectivity index (χ1) is 12.8. The van der Waals surface area contributed by atoms with Crippen molar-refractivity contribution in [1.82, 2.24) is 10.2 Å².